The van der Waals surface area contributed by atoms with Gasteiger partial charge >= 0.3 is 0 Å². The van der Waals surface area contributed by atoms with Crippen LogP contribution in [0.2, 0.25) is 0 Å². The molecule has 0 saturated heterocycles. The van der Waals surface area contributed by atoms with Crippen molar-refractivity contribution in [2.24, 2.45) is 7.05 Å². The van der Waals surface area contributed by atoms with Crippen LogP contribution in [0.25, 0.3) is 11.3 Å². The van der Waals surface area contributed by atoms with Gasteiger partial charge in [0, 0.05) is 22.6 Å². The molecule has 2 rings (SSSR count). The number of hydrogen-bond donors (Lipinski definition) is 1. The van der Waals surface area contributed by atoms with Gasteiger partial charge in [0.05, 0.1) is 5.69 Å². The van der Waals surface area contributed by atoms with Crippen LogP contribution in [-0.4, -0.2) is 9.78 Å². The second kappa shape index (κ2) is 4.53. The highest BCUT2D eigenvalue weighted by molar-refractivity contribution is 9.10. The Morgan fingerprint density at radius 3 is 2.65 bits per heavy atom. The molecule has 0 aliphatic rings. The number of nitrogens with zero attached hydrogens (tertiary/aromatic N) is 2. The van der Waals surface area contributed by atoms with Crippen LogP contribution in [0.3, 0.4) is 0 Å². The molecule has 0 fully saturated rings. The first-order valence-electron chi connectivity index (χ1n) is 5.59. The largest absolute Gasteiger partial charge is 0.382 e. The minimum absolute atomic E-state index is 0.359. The summed E-state index contributed by atoms with van der Waals surface area (Å²) < 4.78 is 2.91. The Morgan fingerprint density at radius 2 is 2.06 bits per heavy atom. The van der Waals surface area contributed by atoms with Crippen LogP contribution >= 0.6 is 15.9 Å². The summed E-state index contributed by atoms with van der Waals surface area (Å²) in [4.78, 5) is 0. The zero-order valence-corrected chi connectivity index (χ0v) is 11.8. The first kappa shape index (κ1) is 12.2. The van der Waals surface area contributed by atoms with Gasteiger partial charge in [0.1, 0.15) is 5.82 Å². The lowest BCUT2D eigenvalue weighted by Crippen LogP contribution is -1.97. The SMILES string of the molecule is CC(C)c1c(N)nn(C)c1-c1cccc(Br)c1. The lowest BCUT2D eigenvalue weighted by Gasteiger charge is -2.09. The molecule has 0 radical (unpaired) electrons. The van der Waals surface area contributed by atoms with Crippen molar-refractivity contribution in [2.75, 3.05) is 5.73 Å². The maximum absolute atomic E-state index is 5.97. The van der Waals surface area contributed by atoms with E-state index in [1.54, 1.807) is 0 Å². The van der Waals surface area contributed by atoms with Crippen LogP contribution in [-0.2, 0) is 7.05 Å². The Hall–Kier alpha value is -1.29. The fraction of sp³-hybridized carbons (Fsp3) is 0.308. The van der Waals surface area contributed by atoms with Gasteiger partial charge in [-0.2, -0.15) is 5.10 Å². The normalized spacial score (nSPS) is 11.1. The summed E-state index contributed by atoms with van der Waals surface area (Å²) in [5.74, 6) is 0.982. The summed E-state index contributed by atoms with van der Waals surface area (Å²) in [6, 6.07) is 8.19. The van der Waals surface area contributed by atoms with Gasteiger partial charge in [0.25, 0.3) is 0 Å². The molecule has 0 saturated carbocycles. The predicted octanol–water partition coefficient (Wildman–Crippen LogP) is 3.56. The average Bonchev–Trinajstić information content (AvgIpc) is 2.53. The minimum atomic E-state index is 0.359. The molecule has 2 aromatic rings. The lowest BCUT2D eigenvalue weighted by molar-refractivity contribution is 0.777. The summed E-state index contributed by atoms with van der Waals surface area (Å²) in [6.45, 7) is 4.27. The Balaban J connectivity index is 2.66. The third kappa shape index (κ3) is 2.22. The van der Waals surface area contributed by atoms with E-state index >= 15 is 0 Å². The van der Waals surface area contributed by atoms with Gasteiger partial charge in [-0.25, -0.2) is 0 Å². The van der Waals surface area contributed by atoms with Crippen LogP contribution in [0.1, 0.15) is 25.3 Å². The highest BCUT2D eigenvalue weighted by Crippen LogP contribution is 2.33. The molecular formula is C13H16BrN3. The number of nitrogen functional groups attached to an aromatic ring is 1. The molecule has 0 spiro atoms. The van der Waals surface area contributed by atoms with Crippen LogP contribution in [0.5, 0.6) is 0 Å². The first-order valence-corrected chi connectivity index (χ1v) is 6.38. The van der Waals surface area contributed by atoms with E-state index in [4.69, 9.17) is 5.73 Å². The molecule has 4 heteroatoms. The van der Waals surface area contributed by atoms with E-state index in [0.717, 1.165) is 21.3 Å². The topological polar surface area (TPSA) is 43.8 Å². The molecule has 1 heterocycles. The van der Waals surface area contributed by atoms with Crippen LogP contribution in [0.4, 0.5) is 5.82 Å². The van der Waals surface area contributed by atoms with E-state index in [2.05, 4.69) is 47.0 Å². The summed E-state index contributed by atoms with van der Waals surface area (Å²) >= 11 is 3.49. The summed E-state index contributed by atoms with van der Waals surface area (Å²) in [6.07, 6.45) is 0. The molecule has 0 amide bonds. The molecule has 0 aliphatic heterocycles. The van der Waals surface area contributed by atoms with Crippen molar-refractivity contribution in [1.29, 1.82) is 0 Å². The van der Waals surface area contributed by atoms with Crippen LogP contribution in [0, 0.1) is 0 Å². The number of anilines is 1. The number of aromatic nitrogens is 2. The van der Waals surface area contributed by atoms with E-state index < -0.39 is 0 Å². The van der Waals surface area contributed by atoms with Crippen molar-refractivity contribution in [2.45, 2.75) is 19.8 Å². The van der Waals surface area contributed by atoms with Gasteiger partial charge in [-0.15, -0.1) is 0 Å². The zero-order valence-electron chi connectivity index (χ0n) is 10.2. The summed E-state index contributed by atoms with van der Waals surface area (Å²) in [5.41, 5.74) is 9.32. The number of aryl methyl sites for hydroxylation is 1. The first-order chi connectivity index (χ1) is 8.00. The smallest absolute Gasteiger partial charge is 0.149 e. The van der Waals surface area contributed by atoms with E-state index in [1.165, 1.54) is 0 Å². The Kier molecular flexibility index (Phi) is 3.24. The predicted molar refractivity (Wildman–Crippen MR) is 74.8 cm³/mol. The van der Waals surface area contributed by atoms with Gasteiger partial charge < -0.3 is 5.73 Å². The number of halogens is 1. The van der Waals surface area contributed by atoms with Gasteiger partial charge in [-0.3, -0.25) is 4.68 Å². The highest BCUT2D eigenvalue weighted by Gasteiger charge is 2.18. The van der Waals surface area contributed by atoms with E-state index in [-0.39, 0.29) is 0 Å². The highest BCUT2D eigenvalue weighted by atomic mass is 79.9. The standard InChI is InChI=1S/C13H16BrN3/c1-8(2)11-12(17(3)16-13(11)15)9-5-4-6-10(14)7-9/h4-8H,1-3H3,(H2,15,16). The Morgan fingerprint density at radius 1 is 1.35 bits per heavy atom. The van der Waals surface area contributed by atoms with Crippen LogP contribution < -0.4 is 5.73 Å². The van der Waals surface area contributed by atoms with Crippen molar-refractivity contribution in [3.63, 3.8) is 0 Å². The van der Waals surface area contributed by atoms with E-state index in [1.807, 2.05) is 23.9 Å². The maximum atomic E-state index is 5.97. The van der Waals surface area contributed by atoms with Gasteiger partial charge in [0.2, 0.25) is 0 Å². The molecule has 1 aromatic heterocycles. The van der Waals surface area contributed by atoms with Crippen molar-refractivity contribution in [3.8, 4) is 11.3 Å². The van der Waals surface area contributed by atoms with Gasteiger partial charge in [-0.05, 0) is 18.1 Å². The molecule has 0 atom stereocenters. The zero-order chi connectivity index (χ0) is 12.6. The summed E-state index contributed by atoms with van der Waals surface area (Å²) in [7, 11) is 1.93. The van der Waals surface area contributed by atoms with Crippen molar-refractivity contribution >= 4 is 21.7 Å². The third-order valence-electron chi connectivity index (χ3n) is 2.79. The number of rotatable bonds is 2. The second-order valence-corrected chi connectivity index (χ2v) is 5.35. The molecular weight excluding hydrogens is 278 g/mol. The monoisotopic (exact) mass is 293 g/mol. The van der Waals surface area contributed by atoms with Crippen LogP contribution in [0.15, 0.2) is 28.7 Å². The fourth-order valence-electron chi connectivity index (χ4n) is 2.11. The van der Waals surface area contributed by atoms with Crippen molar-refractivity contribution in [3.05, 3.63) is 34.3 Å². The number of hydrogen-bond acceptors (Lipinski definition) is 2. The third-order valence-corrected chi connectivity index (χ3v) is 3.28. The van der Waals surface area contributed by atoms with Gasteiger partial charge in [0.15, 0.2) is 0 Å². The fourth-order valence-corrected chi connectivity index (χ4v) is 2.51. The van der Waals surface area contributed by atoms with E-state index in [0.29, 0.717) is 11.7 Å². The number of benzene rings is 1. The quantitative estimate of drug-likeness (QED) is 0.920. The van der Waals surface area contributed by atoms with Crippen molar-refractivity contribution < 1.29 is 0 Å². The molecule has 1 aromatic carbocycles. The molecule has 90 valence electrons. The molecule has 17 heavy (non-hydrogen) atoms. The summed E-state index contributed by atoms with van der Waals surface area (Å²) in [5, 5.41) is 4.32. The molecule has 0 aliphatic carbocycles. The Bertz CT molecular complexity index is 544. The number of nitrogens with two attached hydrogens (primary N) is 1. The maximum Gasteiger partial charge on any atom is 0.149 e. The van der Waals surface area contributed by atoms with E-state index in [9.17, 15) is 0 Å². The molecule has 0 bridgehead atoms. The molecule has 2 N–H and O–H groups in total. The minimum Gasteiger partial charge on any atom is -0.382 e. The lowest BCUT2D eigenvalue weighted by atomic mass is 9.98. The molecule has 0 unspecified atom stereocenters. The second-order valence-electron chi connectivity index (χ2n) is 4.44. The van der Waals surface area contributed by atoms with Gasteiger partial charge in [-0.1, -0.05) is 41.9 Å². The average molecular weight is 294 g/mol. The van der Waals surface area contributed by atoms with Crippen molar-refractivity contribution in [1.82, 2.24) is 9.78 Å². The Labute approximate surface area is 110 Å². The molecule has 3 nitrogen and oxygen atoms in total.